The van der Waals surface area contributed by atoms with Crippen LogP contribution in [0.3, 0.4) is 0 Å². The van der Waals surface area contributed by atoms with Gasteiger partial charge in [0.25, 0.3) is 6.08 Å². The van der Waals surface area contributed by atoms with Crippen LogP contribution in [0.1, 0.15) is 77.6 Å². The third-order valence-corrected chi connectivity index (χ3v) is 3.20. The lowest BCUT2D eigenvalue weighted by Gasteiger charge is -2.03. The molecule has 0 spiro atoms. The Morgan fingerprint density at radius 1 is 0.850 bits per heavy atom. The summed E-state index contributed by atoms with van der Waals surface area (Å²) in [6, 6.07) is 0. The van der Waals surface area contributed by atoms with E-state index in [1.54, 1.807) is 0 Å². The van der Waals surface area contributed by atoms with E-state index in [1.807, 2.05) is 0 Å². The standard InChI is InChI=1S/C16H28F2O2/c1-15(19)20-14-12-10-8-6-4-2-3-5-7-9-11-13-16(17)18/h13H,2-12,14H2,1H3. The van der Waals surface area contributed by atoms with Gasteiger partial charge in [-0.25, -0.2) is 0 Å². The Morgan fingerprint density at radius 3 is 1.75 bits per heavy atom. The van der Waals surface area contributed by atoms with E-state index in [9.17, 15) is 13.6 Å². The lowest BCUT2D eigenvalue weighted by Crippen LogP contribution is -2.00. The van der Waals surface area contributed by atoms with Crippen LogP contribution in [0.25, 0.3) is 0 Å². The van der Waals surface area contributed by atoms with Gasteiger partial charge in [-0.05, 0) is 25.3 Å². The van der Waals surface area contributed by atoms with E-state index in [2.05, 4.69) is 0 Å². The number of rotatable bonds is 13. The van der Waals surface area contributed by atoms with Crippen LogP contribution >= 0.6 is 0 Å². The minimum absolute atomic E-state index is 0.199. The molecule has 0 heterocycles. The molecular formula is C16H28F2O2. The first kappa shape index (κ1) is 19.1. The molecule has 0 bridgehead atoms. The Bertz CT molecular complexity index is 261. The van der Waals surface area contributed by atoms with E-state index in [0.717, 1.165) is 38.2 Å². The molecule has 0 fully saturated rings. The molecule has 0 unspecified atom stereocenters. The van der Waals surface area contributed by atoms with Crippen molar-refractivity contribution < 1.29 is 18.3 Å². The minimum Gasteiger partial charge on any atom is -0.466 e. The van der Waals surface area contributed by atoms with Gasteiger partial charge in [0, 0.05) is 6.92 Å². The fourth-order valence-corrected chi connectivity index (χ4v) is 2.09. The molecule has 0 radical (unpaired) electrons. The van der Waals surface area contributed by atoms with E-state index in [1.165, 1.54) is 39.0 Å². The molecular weight excluding hydrogens is 262 g/mol. The normalized spacial score (nSPS) is 10.3. The first-order valence-electron chi connectivity index (χ1n) is 7.77. The molecule has 0 aliphatic carbocycles. The third kappa shape index (κ3) is 17.1. The molecule has 4 heteroatoms. The fraction of sp³-hybridized carbons (Fsp3) is 0.812. The van der Waals surface area contributed by atoms with Gasteiger partial charge < -0.3 is 4.74 Å². The summed E-state index contributed by atoms with van der Waals surface area (Å²) in [5.74, 6) is -0.199. The quantitative estimate of drug-likeness (QED) is 0.325. The fourth-order valence-electron chi connectivity index (χ4n) is 2.09. The van der Waals surface area contributed by atoms with Crippen molar-refractivity contribution in [1.82, 2.24) is 0 Å². The predicted molar refractivity (Wildman–Crippen MR) is 77.7 cm³/mol. The second-order valence-electron chi connectivity index (χ2n) is 5.16. The molecule has 0 saturated carbocycles. The molecule has 20 heavy (non-hydrogen) atoms. The van der Waals surface area contributed by atoms with E-state index < -0.39 is 6.08 Å². The van der Waals surface area contributed by atoms with Gasteiger partial charge in [0.1, 0.15) is 0 Å². The highest BCUT2D eigenvalue weighted by molar-refractivity contribution is 5.65. The summed E-state index contributed by atoms with van der Waals surface area (Å²) in [6.45, 7) is 1.98. The van der Waals surface area contributed by atoms with Crippen LogP contribution < -0.4 is 0 Å². The van der Waals surface area contributed by atoms with E-state index in [4.69, 9.17) is 4.74 Å². The molecule has 0 aromatic heterocycles. The van der Waals surface area contributed by atoms with Crippen molar-refractivity contribution in [2.75, 3.05) is 6.61 Å². The van der Waals surface area contributed by atoms with Crippen LogP contribution in [0.15, 0.2) is 12.2 Å². The number of carbonyl (C=O) groups excluding carboxylic acids is 1. The molecule has 0 saturated heterocycles. The lowest BCUT2D eigenvalue weighted by molar-refractivity contribution is -0.141. The van der Waals surface area contributed by atoms with Gasteiger partial charge in [0.05, 0.1) is 6.61 Å². The number of hydrogen-bond donors (Lipinski definition) is 0. The van der Waals surface area contributed by atoms with Crippen molar-refractivity contribution in [3.63, 3.8) is 0 Å². The molecule has 0 aliphatic rings. The van der Waals surface area contributed by atoms with Crippen molar-refractivity contribution in [3.8, 4) is 0 Å². The summed E-state index contributed by atoms with van der Waals surface area (Å²) in [5, 5.41) is 0. The lowest BCUT2D eigenvalue weighted by atomic mass is 10.1. The maximum atomic E-state index is 11.7. The average molecular weight is 290 g/mol. The number of carbonyl (C=O) groups is 1. The molecule has 0 amide bonds. The Kier molecular flexibility index (Phi) is 13.8. The topological polar surface area (TPSA) is 26.3 Å². The molecule has 0 rings (SSSR count). The number of allylic oxidation sites excluding steroid dienone is 1. The maximum absolute atomic E-state index is 11.7. The van der Waals surface area contributed by atoms with Gasteiger partial charge in [0.2, 0.25) is 0 Å². The zero-order valence-corrected chi connectivity index (χ0v) is 12.6. The average Bonchev–Trinajstić information content (AvgIpc) is 2.38. The molecule has 0 N–H and O–H groups in total. The first-order chi connectivity index (χ1) is 9.63. The molecule has 118 valence electrons. The van der Waals surface area contributed by atoms with Gasteiger partial charge in [-0.15, -0.1) is 0 Å². The Hall–Kier alpha value is -0.930. The van der Waals surface area contributed by atoms with Gasteiger partial charge in [-0.2, -0.15) is 8.78 Å². The Labute approximate surface area is 121 Å². The highest BCUT2D eigenvalue weighted by Crippen LogP contribution is 2.12. The van der Waals surface area contributed by atoms with Crippen LogP contribution in [0.4, 0.5) is 8.78 Å². The second kappa shape index (κ2) is 14.5. The molecule has 0 aromatic rings. The van der Waals surface area contributed by atoms with Crippen LogP contribution in [0, 0.1) is 0 Å². The minimum atomic E-state index is -1.56. The zero-order valence-electron chi connectivity index (χ0n) is 12.6. The van der Waals surface area contributed by atoms with Crippen LogP contribution in [-0.4, -0.2) is 12.6 Å². The van der Waals surface area contributed by atoms with Gasteiger partial charge in [-0.1, -0.05) is 51.4 Å². The summed E-state index contributed by atoms with van der Waals surface area (Å²) in [5.41, 5.74) is 0. The van der Waals surface area contributed by atoms with Gasteiger partial charge in [-0.3, -0.25) is 4.79 Å². The highest BCUT2D eigenvalue weighted by atomic mass is 19.3. The van der Waals surface area contributed by atoms with Crippen molar-refractivity contribution in [2.24, 2.45) is 0 Å². The smallest absolute Gasteiger partial charge is 0.302 e. The largest absolute Gasteiger partial charge is 0.466 e. The first-order valence-corrected chi connectivity index (χ1v) is 7.77. The van der Waals surface area contributed by atoms with E-state index in [0.29, 0.717) is 13.0 Å². The summed E-state index contributed by atoms with van der Waals surface area (Å²) in [7, 11) is 0. The second-order valence-corrected chi connectivity index (χ2v) is 5.16. The van der Waals surface area contributed by atoms with Gasteiger partial charge in [0.15, 0.2) is 0 Å². The third-order valence-electron chi connectivity index (χ3n) is 3.20. The number of esters is 1. The van der Waals surface area contributed by atoms with Crippen LogP contribution in [0.2, 0.25) is 0 Å². The Balaban J connectivity index is 3.03. The molecule has 0 atom stereocenters. The number of hydrogen-bond acceptors (Lipinski definition) is 2. The van der Waals surface area contributed by atoms with E-state index in [-0.39, 0.29) is 5.97 Å². The summed E-state index contributed by atoms with van der Waals surface area (Å²) >= 11 is 0. The predicted octanol–water partition coefficient (Wildman–Crippen LogP) is 5.62. The van der Waals surface area contributed by atoms with Crippen LogP contribution in [-0.2, 0) is 9.53 Å². The van der Waals surface area contributed by atoms with Crippen molar-refractivity contribution in [2.45, 2.75) is 77.6 Å². The summed E-state index contributed by atoms with van der Waals surface area (Å²) < 4.78 is 28.3. The summed E-state index contributed by atoms with van der Waals surface area (Å²) in [4.78, 5) is 10.5. The van der Waals surface area contributed by atoms with Crippen molar-refractivity contribution >= 4 is 5.97 Å². The monoisotopic (exact) mass is 290 g/mol. The molecule has 2 nitrogen and oxygen atoms in total. The highest BCUT2D eigenvalue weighted by Gasteiger charge is 1.95. The SMILES string of the molecule is CC(=O)OCCCCCCCCCCCCC=C(F)F. The van der Waals surface area contributed by atoms with Crippen molar-refractivity contribution in [1.29, 1.82) is 0 Å². The van der Waals surface area contributed by atoms with Crippen molar-refractivity contribution in [3.05, 3.63) is 12.2 Å². The molecule has 0 aromatic carbocycles. The molecule has 0 aliphatic heterocycles. The maximum Gasteiger partial charge on any atom is 0.302 e. The Morgan fingerprint density at radius 2 is 1.30 bits per heavy atom. The zero-order chi connectivity index (χ0) is 15.1. The number of unbranched alkanes of at least 4 members (excludes halogenated alkanes) is 10. The number of ether oxygens (including phenoxy) is 1. The summed E-state index contributed by atoms with van der Waals surface area (Å²) in [6.07, 6.45) is 11.2. The van der Waals surface area contributed by atoms with E-state index >= 15 is 0 Å². The van der Waals surface area contributed by atoms with Gasteiger partial charge >= 0.3 is 5.97 Å². The van der Waals surface area contributed by atoms with Crippen LogP contribution in [0.5, 0.6) is 0 Å². The number of halogens is 2.